The fourth-order valence-electron chi connectivity index (χ4n) is 1.97. The van der Waals surface area contributed by atoms with Crippen LogP contribution < -0.4 is 0 Å². The highest BCUT2D eigenvalue weighted by Gasteiger charge is 2.16. The maximum Gasteiger partial charge on any atom is 0.341 e. The number of hydrogen-bond donors (Lipinski definition) is 0. The van der Waals surface area contributed by atoms with Crippen molar-refractivity contribution in [2.75, 3.05) is 0 Å². The maximum atomic E-state index is 13.8. The summed E-state index contributed by atoms with van der Waals surface area (Å²) in [6, 6.07) is 12.4. The summed E-state index contributed by atoms with van der Waals surface area (Å²) in [5.41, 5.74) is 2.27. The summed E-state index contributed by atoms with van der Waals surface area (Å²) in [7, 11) is 0. The van der Waals surface area contributed by atoms with E-state index in [2.05, 4.69) is 0 Å². The van der Waals surface area contributed by atoms with E-state index in [-0.39, 0.29) is 12.2 Å². The van der Waals surface area contributed by atoms with Gasteiger partial charge >= 0.3 is 5.97 Å². The van der Waals surface area contributed by atoms with Crippen LogP contribution in [0.25, 0.3) is 0 Å². The first-order valence-corrected chi connectivity index (χ1v) is 6.05. The van der Waals surface area contributed by atoms with Crippen molar-refractivity contribution in [2.45, 2.75) is 20.5 Å². The van der Waals surface area contributed by atoms with Crippen LogP contribution in [0.3, 0.4) is 0 Å². The van der Waals surface area contributed by atoms with Crippen LogP contribution in [0.2, 0.25) is 0 Å². The van der Waals surface area contributed by atoms with E-state index in [1.807, 2.05) is 30.3 Å². The van der Waals surface area contributed by atoms with Crippen molar-refractivity contribution in [2.24, 2.45) is 0 Å². The molecule has 0 saturated heterocycles. The average Bonchev–Trinajstić information content (AvgIpc) is 2.36. The van der Waals surface area contributed by atoms with Crippen LogP contribution in [-0.4, -0.2) is 5.97 Å². The van der Waals surface area contributed by atoms with Crippen LogP contribution in [0.1, 0.15) is 27.0 Å². The number of hydrogen-bond acceptors (Lipinski definition) is 2. The van der Waals surface area contributed by atoms with Gasteiger partial charge in [-0.15, -0.1) is 0 Å². The van der Waals surface area contributed by atoms with Gasteiger partial charge in [-0.2, -0.15) is 0 Å². The van der Waals surface area contributed by atoms with Crippen molar-refractivity contribution < 1.29 is 13.9 Å². The third-order valence-electron chi connectivity index (χ3n) is 2.85. The largest absolute Gasteiger partial charge is 0.457 e. The second-order valence-corrected chi connectivity index (χ2v) is 4.50. The molecule has 0 spiro atoms. The van der Waals surface area contributed by atoms with E-state index >= 15 is 0 Å². The average molecular weight is 258 g/mol. The molecule has 0 heterocycles. The minimum atomic E-state index is -0.626. The molecular formula is C16H15FO2. The van der Waals surface area contributed by atoms with E-state index in [1.54, 1.807) is 19.9 Å². The van der Waals surface area contributed by atoms with Gasteiger partial charge in [0.25, 0.3) is 0 Å². The van der Waals surface area contributed by atoms with Crippen molar-refractivity contribution >= 4 is 5.97 Å². The molecule has 0 saturated carbocycles. The van der Waals surface area contributed by atoms with Gasteiger partial charge in [-0.3, -0.25) is 0 Å². The summed E-state index contributed by atoms with van der Waals surface area (Å²) in [6.45, 7) is 3.64. The normalized spacial score (nSPS) is 10.3. The van der Waals surface area contributed by atoms with Crippen molar-refractivity contribution in [1.29, 1.82) is 0 Å². The Morgan fingerprint density at radius 3 is 2.47 bits per heavy atom. The molecule has 0 radical (unpaired) electrons. The fraction of sp³-hybridized carbons (Fsp3) is 0.188. The number of rotatable bonds is 3. The number of carbonyl (C=O) groups excluding carboxylic acids is 1. The summed E-state index contributed by atoms with van der Waals surface area (Å²) in [5.74, 6) is -1.16. The molecular weight excluding hydrogens is 243 g/mol. The molecule has 0 aliphatic carbocycles. The van der Waals surface area contributed by atoms with Gasteiger partial charge in [-0.25, -0.2) is 9.18 Å². The molecule has 0 aliphatic rings. The standard InChI is InChI=1S/C16H15FO2/c1-11-8-12(2)15(14(17)9-11)16(18)19-10-13-6-4-3-5-7-13/h3-9H,10H2,1-2H3. The van der Waals surface area contributed by atoms with Gasteiger partial charge in [-0.05, 0) is 36.6 Å². The molecule has 0 atom stereocenters. The quantitative estimate of drug-likeness (QED) is 0.783. The van der Waals surface area contributed by atoms with E-state index in [1.165, 1.54) is 6.07 Å². The monoisotopic (exact) mass is 258 g/mol. The van der Waals surface area contributed by atoms with Crippen molar-refractivity contribution in [3.63, 3.8) is 0 Å². The molecule has 0 fully saturated rings. The third-order valence-corrected chi connectivity index (χ3v) is 2.85. The summed E-state index contributed by atoms with van der Waals surface area (Å²) >= 11 is 0. The zero-order valence-corrected chi connectivity index (χ0v) is 10.9. The minimum absolute atomic E-state index is 0.0153. The number of benzene rings is 2. The molecule has 3 heteroatoms. The Morgan fingerprint density at radius 1 is 1.16 bits per heavy atom. The van der Waals surface area contributed by atoms with Gasteiger partial charge in [0.1, 0.15) is 12.4 Å². The zero-order valence-electron chi connectivity index (χ0n) is 10.9. The Balaban J connectivity index is 2.13. The van der Waals surface area contributed by atoms with Crippen LogP contribution in [0.15, 0.2) is 42.5 Å². The molecule has 0 N–H and O–H groups in total. The summed E-state index contributed by atoms with van der Waals surface area (Å²) in [5, 5.41) is 0. The number of ether oxygens (including phenoxy) is 1. The van der Waals surface area contributed by atoms with Crippen molar-refractivity contribution in [1.82, 2.24) is 0 Å². The Bertz CT molecular complexity index is 568. The molecule has 0 aliphatic heterocycles. The predicted molar refractivity (Wildman–Crippen MR) is 71.4 cm³/mol. The Labute approximate surface area is 111 Å². The molecule has 2 aromatic rings. The van der Waals surface area contributed by atoms with Gasteiger partial charge in [-0.1, -0.05) is 36.4 Å². The number of aryl methyl sites for hydroxylation is 2. The molecule has 19 heavy (non-hydrogen) atoms. The lowest BCUT2D eigenvalue weighted by atomic mass is 10.1. The lowest BCUT2D eigenvalue weighted by Gasteiger charge is -2.09. The SMILES string of the molecule is Cc1cc(C)c(C(=O)OCc2ccccc2)c(F)c1. The lowest BCUT2D eigenvalue weighted by Crippen LogP contribution is -2.10. The molecule has 0 aromatic heterocycles. The lowest BCUT2D eigenvalue weighted by molar-refractivity contribution is 0.0466. The smallest absolute Gasteiger partial charge is 0.341 e. The second-order valence-electron chi connectivity index (χ2n) is 4.50. The summed E-state index contributed by atoms with van der Waals surface area (Å²) in [4.78, 5) is 11.9. The van der Waals surface area contributed by atoms with Gasteiger partial charge in [0, 0.05) is 0 Å². The highest BCUT2D eigenvalue weighted by atomic mass is 19.1. The first-order valence-electron chi connectivity index (χ1n) is 6.05. The van der Waals surface area contributed by atoms with E-state index in [0.29, 0.717) is 5.56 Å². The van der Waals surface area contributed by atoms with Gasteiger partial charge < -0.3 is 4.74 Å². The minimum Gasteiger partial charge on any atom is -0.457 e. The van der Waals surface area contributed by atoms with Gasteiger partial charge in [0.05, 0.1) is 5.56 Å². The van der Waals surface area contributed by atoms with E-state index in [9.17, 15) is 9.18 Å². The van der Waals surface area contributed by atoms with Crippen LogP contribution in [-0.2, 0) is 11.3 Å². The number of carbonyl (C=O) groups is 1. The van der Waals surface area contributed by atoms with E-state index in [0.717, 1.165) is 11.1 Å². The molecule has 2 nitrogen and oxygen atoms in total. The number of halogens is 1. The molecule has 0 unspecified atom stereocenters. The summed E-state index contributed by atoms with van der Waals surface area (Å²) in [6.07, 6.45) is 0. The molecule has 0 amide bonds. The van der Waals surface area contributed by atoms with Crippen molar-refractivity contribution in [3.05, 3.63) is 70.5 Å². The maximum absolute atomic E-state index is 13.8. The fourth-order valence-corrected chi connectivity index (χ4v) is 1.97. The Hall–Kier alpha value is -2.16. The molecule has 2 rings (SSSR count). The molecule has 2 aromatic carbocycles. The Kier molecular flexibility index (Phi) is 3.95. The number of esters is 1. The van der Waals surface area contributed by atoms with Crippen LogP contribution >= 0.6 is 0 Å². The van der Waals surface area contributed by atoms with E-state index in [4.69, 9.17) is 4.74 Å². The van der Waals surface area contributed by atoms with E-state index < -0.39 is 11.8 Å². The first-order chi connectivity index (χ1) is 9.08. The third kappa shape index (κ3) is 3.19. The topological polar surface area (TPSA) is 26.3 Å². The van der Waals surface area contributed by atoms with Crippen LogP contribution in [0.4, 0.5) is 4.39 Å². The highest BCUT2D eigenvalue weighted by Crippen LogP contribution is 2.17. The van der Waals surface area contributed by atoms with Gasteiger partial charge in [0.15, 0.2) is 0 Å². The van der Waals surface area contributed by atoms with Crippen LogP contribution in [0.5, 0.6) is 0 Å². The molecule has 98 valence electrons. The first kappa shape index (κ1) is 13.3. The zero-order chi connectivity index (χ0) is 13.8. The summed E-state index contributed by atoms with van der Waals surface area (Å²) < 4.78 is 18.9. The molecule has 0 bridgehead atoms. The van der Waals surface area contributed by atoms with Gasteiger partial charge in [0.2, 0.25) is 0 Å². The second kappa shape index (κ2) is 5.65. The Morgan fingerprint density at radius 2 is 1.84 bits per heavy atom. The van der Waals surface area contributed by atoms with Crippen LogP contribution in [0, 0.1) is 19.7 Å². The predicted octanol–water partition coefficient (Wildman–Crippen LogP) is 3.80. The highest BCUT2D eigenvalue weighted by molar-refractivity contribution is 5.91. The van der Waals surface area contributed by atoms with Crippen molar-refractivity contribution in [3.8, 4) is 0 Å².